The van der Waals surface area contributed by atoms with Crippen molar-refractivity contribution in [3.05, 3.63) is 107 Å². The van der Waals surface area contributed by atoms with Crippen molar-refractivity contribution in [3.8, 4) is 0 Å². The Bertz CT molecular complexity index is 1330. The standard InChI is InChI=1S/C29H31N3O3S/c1-20-7-9-22(10-8-20)19-32-16-15-24-5-3-6-26(27(24)32)29(35)30-21(2)23-11-13-25(14-12-23)28(34)31-36-18-4-17-33/h3,5-16,21,33H,4,17-19H2,1-2H3,(H,30,35)(H,31,34)/t21-/m0/s1. The van der Waals surface area contributed by atoms with Crippen LogP contribution in [0, 0.1) is 6.92 Å². The normalized spacial score (nSPS) is 11.9. The van der Waals surface area contributed by atoms with Crippen molar-refractivity contribution in [2.75, 3.05) is 12.4 Å². The molecule has 0 saturated heterocycles. The molecule has 0 spiro atoms. The third-order valence-electron chi connectivity index (χ3n) is 6.10. The van der Waals surface area contributed by atoms with Gasteiger partial charge in [-0.3, -0.25) is 14.3 Å². The highest BCUT2D eigenvalue weighted by molar-refractivity contribution is 7.97. The summed E-state index contributed by atoms with van der Waals surface area (Å²) in [5, 5.41) is 13.0. The molecule has 3 N–H and O–H groups in total. The van der Waals surface area contributed by atoms with E-state index in [4.69, 9.17) is 5.11 Å². The zero-order valence-electron chi connectivity index (χ0n) is 20.5. The Morgan fingerprint density at radius 3 is 2.44 bits per heavy atom. The number of benzene rings is 3. The first kappa shape index (κ1) is 25.5. The van der Waals surface area contributed by atoms with Gasteiger partial charge in [0.2, 0.25) is 0 Å². The number of hydrogen-bond donors (Lipinski definition) is 3. The van der Waals surface area contributed by atoms with Gasteiger partial charge in [0, 0.05) is 36.1 Å². The fourth-order valence-corrected chi connectivity index (χ4v) is 4.68. The Hall–Kier alpha value is -3.55. The number of fused-ring (bicyclic) bond motifs is 1. The number of aliphatic hydroxyl groups is 1. The predicted octanol–water partition coefficient (Wildman–Crippen LogP) is 5.25. The molecule has 0 radical (unpaired) electrons. The van der Waals surface area contributed by atoms with Crippen molar-refractivity contribution in [2.45, 2.75) is 32.9 Å². The maximum Gasteiger partial charge on any atom is 0.261 e. The number of aryl methyl sites for hydroxylation is 1. The zero-order chi connectivity index (χ0) is 25.5. The number of aliphatic hydroxyl groups excluding tert-OH is 1. The van der Waals surface area contributed by atoms with E-state index in [0.29, 0.717) is 29.8 Å². The number of carbonyl (C=O) groups excluding carboxylic acids is 2. The minimum Gasteiger partial charge on any atom is -0.396 e. The van der Waals surface area contributed by atoms with Crippen LogP contribution in [0.25, 0.3) is 10.9 Å². The highest BCUT2D eigenvalue weighted by atomic mass is 32.2. The van der Waals surface area contributed by atoms with E-state index in [2.05, 4.69) is 45.8 Å². The number of rotatable bonds is 10. The van der Waals surface area contributed by atoms with Crippen LogP contribution in [0.1, 0.15) is 56.8 Å². The van der Waals surface area contributed by atoms with E-state index in [0.717, 1.165) is 16.5 Å². The fraction of sp³-hybridized carbons (Fsp3) is 0.241. The Labute approximate surface area is 215 Å². The maximum absolute atomic E-state index is 13.3. The van der Waals surface area contributed by atoms with Crippen LogP contribution >= 0.6 is 11.9 Å². The van der Waals surface area contributed by atoms with Gasteiger partial charge in [-0.1, -0.05) is 66.0 Å². The van der Waals surface area contributed by atoms with Crippen LogP contribution < -0.4 is 10.0 Å². The number of nitrogens with zero attached hydrogens (tertiary/aromatic N) is 1. The molecule has 4 aromatic rings. The van der Waals surface area contributed by atoms with E-state index < -0.39 is 0 Å². The second-order valence-electron chi connectivity index (χ2n) is 8.85. The third-order valence-corrected chi connectivity index (χ3v) is 6.92. The van der Waals surface area contributed by atoms with E-state index >= 15 is 0 Å². The van der Waals surface area contributed by atoms with Crippen LogP contribution in [0.3, 0.4) is 0 Å². The second kappa shape index (κ2) is 11.9. The Kier molecular flexibility index (Phi) is 8.46. The minimum absolute atomic E-state index is 0.105. The topological polar surface area (TPSA) is 83.4 Å². The number of hydrogen-bond acceptors (Lipinski definition) is 4. The van der Waals surface area contributed by atoms with Gasteiger partial charge in [0.15, 0.2) is 0 Å². The number of nitrogens with one attached hydrogen (secondary N) is 2. The van der Waals surface area contributed by atoms with Gasteiger partial charge in [-0.05, 0) is 55.7 Å². The Morgan fingerprint density at radius 1 is 0.972 bits per heavy atom. The minimum atomic E-state index is -0.232. The molecule has 0 aliphatic rings. The van der Waals surface area contributed by atoms with Crippen LogP contribution in [0.4, 0.5) is 0 Å². The lowest BCUT2D eigenvalue weighted by atomic mass is 10.0. The summed E-state index contributed by atoms with van der Waals surface area (Å²) < 4.78 is 4.89. The zero-order valence-corrected chi connectivity index (χ0v) is 21.3. The molecule has 6 nitrogen and oxygen atoms in total. The van der Waals surface area contributed by atoms with Crippen LogP contribution in [0.5, 0.6) is 0 Å². The van der Waals surface area contributed by atoms with E-state index in [1.54, 1.807) is 12.1 Å². The second-order valence-corrected chi connectivity index (χ2v) is 9.75. The summed E-state index contributed by atoms with van der Waals surface area (Å²) in [6.07, 6.45) is 2.65. The summed E-state index contributed by atoms with van der Waals surface area (Å²) in [4.78, 5) is 25.6. The summed E-state index contributed by atoms with van der Waals surface area (Å²) in [5.74, 6) is 0.339. The largest absolute Gasteiger partial charge is 0.396 e. The average Bonchev–Trinajstić information content (AvgIpc) is 3.30. The molecule has 0 aliphatic carbocycles. The first-order chi connectivity index (χ1) is 17.5. The van der Waals surface area contributed by atoms with Crippen LogP contribution in [-0.2, 0) is 6.54 Å². The third kappa shape index (κ3) is 6.17. The maximum atomic E-state index is 13.3. The number of para-hydroxylation sites is 1. The van der Waals surface area contributed by atoms with E-state index in [-0.39, 0.29) is 24.5 Å². The average molecular weight is 502 g/mol. The van der Waals surface area contributed by atoms with Gasteiger partial charge in [0.25, 0.3) is 11.8 Å². The predicted molar refractivity (Wildman–Crippen MR) is 146 cm³/mol. The quantitative estimate of drug-likeness (QED) is 0.205. The monoisotopic (exact) mass is 501 g/mol. The van der Waals surface area contributed by atoms with Crippen molar-refractivity contribution in [1.82, 2.24) is 14.6 Å². The molecular formula is C29H31N3O3S. The molecule has 7 heteroatoms. The van der Waals surface area contributed by atoms with Crippen LogP contribution in [0.15, 0.2) is 79.0 Å². The van der Waals surface area contributed by atoms with Gasteiger partial charge in [-0.2, -0.15) is 0 Å². The lowest BCUT2D eigenvalue weighted by Gasteiger charge is -2.16. The molecule has 1 atom stereocenters. The molecule has 0 aliphatic heterocycles. The summed E-state index contributed by atoms with van der Waals surface area (Å²) in [7, 11) is 0. The molecule has 0 bridgehead atoms. The molecular weight excluding hydrogens is 470 g/mol. The van der Waals surface area contributed by atoms with Crippen LogP contribution in [0.2, 0.25) is 0 Å². The highest BCUT2D eigenvalue weighted by Gasteiger charge is 2.17. The molecule has 2 amide bonds. The number of carbonyl (C=O) groups is 2. The van der Waals surface area contributed by atoms with Crippen LogP contribution in [-0.4, -0.2) is 33.8 Å². The smallest absolute Gasteiger partial charge is 0.261 e. The van der Waals surface area contributed by atoms with E-state index in [9.17, 15) is 9.59 Å². The van der Waals surface area contributed by atoms with Crippen molar-refractivity contribution < 1.29 is 14.7 Å². The Morgan fingerprint density at radius 2 is 1.72 bits per heavy atom. The molecule has 1 aromatic heterocycles. The van der Waals surface area contributed by atoms with Crippen molar-refractivity contribution in [3.63, 3.8) is 0 Å². The molecule has 36 heavy (non-hydrogen) atoms. The molecule has 186 valence electrons. The number of amides is 2. The fourth-order valence-electron chi connectivity index (χ4n) is 4.06. The molecule has 0 saturated carbocycles. The first-order valence-electron chi connectivity index (χ1n) is 12.0. The van der Waals surface area contributed by atoms with E-state index in [1.807, 2.05) is 49.5 Å². The molecule has 1 heterocycles. The van der Waals surface area contributed by atoms with Gasteiger partial charge in [-0.25, -0.2) is 0 Å². The van der Waals surface area contributed by atoms with Gasteiger partial charge in [0.1, 0.15) is 0 Å². The van der Waals surface area contributed by atoms with Gasteiger partial charge in [-0.15, -0.1) is 0 Å². The summed E-state index contributed by atoms with van der Waals surface area (Å²) >= 11 is 1.28. The lowest BCUT2D eigenvalue weighted by molar-refractivity contribution is 0.0939. The van der Waals surface area contributed by atoms with Gasteiger partial charge < -0.3 is 15.0 Å². The highest BCUT2D eigenvalue weighted by Crippen LogP contribution is 2.23. The Balaban J connectivity index is 1.46. The molecule has 0 fully saturated rings. The molecule has 0 unspecified atom stereocenters. The van der Waals surface area contributed by atoms with Crippen molar-refractivity contribution in [2.24, 2.45) is 0 Å². The van der Waals surface area contributed by atoms with Crippen molar-refractivity contribution in [1.29, 1.82) is 0 Å². The van der Waals surface area contributed by atoms with E-state index in [1.165, 1.54) is 23.1 Å². The molecule has 3 aromatic carbocycles. The first-order valence-corrected chi connectivity index (χ1v) is 13.0. The molecule has 4 rings (SSSR count). The van der Waals surface area contributed by atoms with Gasteiger partial charge >= 0.3 is 0 Å². The van der Waals surface area contributed by atoms with Crippen molar-refractivity contribution >= 4 is 34.7 Å². The summed E-state index contributed by atoms with van der Waals surface area (Å²) in [6.45, 7) is 4.80. The van der Waals surface area contributed by atoms with Gasteiger partial charge in [0.05, 0.1) is 17.1 Å². The summed E-state index contributed by atoms with van der Waals surface area (Å²) in [6, 6.07) is 23.3. The SMILES string of the molecule is Cc1ccc(Cn2ccc3cccc(C(=O)N[C@@H](C)c4ccc(C(=O)NSCCCO)cc4)c32)cc1. The summed E-state index contributed by atoms with van der Waals surface area (Å²) in [5.41, 5.74) is 5.40. The lowest BCUT2D eigenvalue weighted by Crippen LogP contribution is -2.27. The number of aromatic nitrogens is 1.